The monoisotopic (exact) mass is 543 g/mol. The summed E-state index contributed by atoms with van der Waals surface area (Å²) in [5.41, 5.74) is 0.464. The van der Waals surface area contributed by atoms with E-state index < -0.39 is 21.8 Å². The van der Waals surface area contributed by atoms with Crippen molar-refractivity contribution in [1.29, 1.82) is 0 Å². The number of piperidine rings is 1. The SMILES string of the molecule is CC(C)c1ccc(N2CC(NS(C)(=O)=O)C2)c2cnc(Nc3ccnc(N4CC[C@@H](O)[C@](C)(F)C4)n3)cc12. The summed E-state index contributed by atoms with van der Waals surface area (Å²) in [5.74, 6) is 1.83. The van der Waals surface area contributed by atoms with Crippen LogP contribution in [0.2, 0.25) is 0 Å². The van der Waals surface area contributed by atoms with Gasteiger partial charge in [-0.05, 0) is 48.4 Å². The summed E-state index contributed by atoms with van der Waals surface area (Å²) in [4.78, 5) is 17.4. The van der Waals surface area contributed by atoms with Gasteiger partial charge in [0.2, 0.25) is 16.0 Å². The molecule has 4 heterocycles. The fourth-order valence-electron chi connectivity index (χ4n) is 5.16. The van der Waals surface area contributed by atoms with Crippen LogP contribution in [0.5, 0.6) is 0 Å². The highest BCUT2D eigenvalue weighted by Crippen LogP contribution is 2.36. The Labute approximate surface area is 222 Å². The van der Waals surface area contributed by atoms with E-state index in [9.17, 15) is 17.9 Å². The van der Waals surface area contributed by atoms with Gasteiger partial charge in [0.05, 0.1) is 24.9 Å². The average molecular weight is 544 g/mol. The number of benzene rings is 1. The van der Waals surface area contributed by atoms with Crippen molar-refractivity contribution in [3.8, 4) is 0 Å². The fourth-order valence-corrected chi connectivity index (χ4v) is 5.91. The molecule has 0 bridgehead atoms. The van der Waals surface area contributed by atoms with Gasteiger partial charge in [-0.3, -0.25) is 0 Å². The minimum Gasteiger partial charge on any atom is -0.390 e. The number of fused-ring (bicyclic) bond motifs is 1. The molecule has 12 heteroatoms. The number of aromatic nitrogens is 3. The lowest BCUT2D eigenvalue weighted by Crippen LogP contribution is -2.59. The van der Waals surface area contributed by atoms with Crippen molar-refractivity contribution < 1.29 is 17.9 Å². The summed E-state index contributed by atoms with van der Waals surface area (Å²) in [7, 11) is -3.24. The van der Waals surface area contributed by atoms with Crippen molar-refractivity contribution in [1.82, 2.24) is 19.7 Å². The molecule has 2 fully saturated rings. The molecular formula is C26H34FN7O3S. The lowest BCUT2D eigenvalue weighted by atomic mass is 9.94. The normalized spacial score (nSPS) is 22.7. The quantitative estimate of drug-likeness (QED) is 0.413. The molecule has 0 saturated carbocycles. The molecule has 3 aromatic rings. The summed E-state index contributed by atoms with van der Waals surface area (Å²) in [6.45, 7) is 7.36. The molecule has 2 aliphatic heterocycles. The van der Waals surface area contributed by atoms with E-state index in [1.807, 2.05) is 12.3 Å². The average Bonchev–Trinajstić information content (AvgIpc) is 2.81. The zero-order valence-corrected chi connectivity index (χ0v) is 22.8. The lowest BCUT2D eigenvalue weighted by molar-refractivity contribution is -0.00860. The molecule has 0 spiro atoms. The van der Waals surface area contributed by atoms with E-state index in [4.69, 9.17) is 0 Å². The highest BCUT2D eigenvalue weighted by atomic mass is 32.2. The molecule has 2 atom stereocenters. The van der Waals surface area contributed by atoms with Crippen LogP contribution in [0.4, 0.5) is 27.7 Å². The third-order valence-electron chi connectivity index (χ3n) is 7.19. The maximum atomic E-state index is 14.7. The number of pyridine rings is 1. The number of nitrogens with one attached hydrogen (secondary N) is 2. The molecular weight excluding hydrogens is 509 g/mol. The number of hydrogen-bond acceptors (Lipinski definition) is 9. The van der Waals surface area contributed by atoms with Gasteiger partial charge < -0.3 is 20.2 Å². The maximum absolute atomic E-state index is 14.7. The van der Waals surface area contributed by atoms with Gasteiger partial charge in [0.25, 0.3) is 0 Å². The van der Waals surface area contributed by atoms with Gasteiger partial charge >= 0.3 is 0 Å². The number of halogens is 1. The lowest BCUT2D eigenvalue weighted by Gasteiger charge is -2.41. The Kier molecular flexibility index (Phi) is 6.91. The van der Waals surface area contributed by atoms with Crippen LogP contribution in [-0.4, -0.2) is 78.7 Å². The number of aliphatic hydroxyl groups is 1. The number of anilines is 4. The first kappa shape index (κ1) is 26.5. The second kappa shape index (κ2) is 9.90. The minimum absolute atomic E-state index is 0.0173. The molecule has 5 rings (SSSR count). The van der Waals surface area contributed by atoms with E-state index in [2.05, 4.69) is 55.9 Å². The molecule has 10 nitrogen and oxygen atoms in total. The molecule has 1 aromatic carbocycles. The third-order valence-corrected chi connectivity index (χ3v) is 7.95. The highest BCUT2D eigenvalue weighted by Gasteiger charge is 2.39. The Balaban J connectivity index is 1.39. The largest absolute Gasteiger partial charge is 0.390 e. The van der Waals surface area contributed by atoms with Crippen molar-refractivity contribution >= 4 is 44.1 Å². The zero-order chi connectivity index (χ0) is 27.2. The van der Waals surface area contributed by atoms with E-state index in [0.29, 0.717) is 43.6 Å². The first-order valence-electron chi connectivity index (χ1n) is 12.8. The summed E-state index contributed by atoms with van der Waals surface area (Å²) in [6.07, 6.45) is 3.94. The predicted molar refractivity (Wildman–Crippen MR) is 147 cm³/mol. The van der Waals surface area contributed by atoms with Crippen LogP contribution in [0, 0.1) is 0 Å². The molecule has 0 radical (unpaired) electrons. The second-order valence-electron chi connectivity index (χ2n) is 10.8. The van der Waals surface area contributed by atoms with Gasteiger partial charge in [-0.15, -0.1) is 0 Å². The fraction of sp³-hybridized carbons (Fsp3) is 0.500. The van der Waals surface area contributed by atoms with Crippen LogP contribution in [0.3, 0.4) is 0 Å². The van der Waals surface area contributed by atoms with E-state index in [-0.39, 0.29) is 18.5 Å². The number of nitrogens with zero attached hydrogens (tertiary/aromatic N) is 5. The van der Waals surface area contributed by atoms with Gasteiger partial charge in [0.15, 0.2) is 5.67 Å². The molecule has 2 aliphatic rings. The molecule has 204 valence electrons. The predicted octanol–water partition coefficient (Wildman–Crippen LogP) is 2.93. The van der Waals surface area contributed by atoms with E-state index in [1.165, 1.54) is 18.7 Å². The molecule has 3 N–H and O–H groups in total. The standard InChI is InChI=1S/C26H34FN7O3S/c1-16(2)18-5-6-21(34-13-17(14-34)32-38(4,36)37)20-12-29-24(11-19(18)20)30-23-7-9-28-25(31-23)33-10-8-22(35)26(3,27)15-33/h5-7,9,11-12,16-17,22,32,35H,8,10,13-15H2,1-4H3,(H,28,29,30,31)/t22-,26-/m1/s1. The van der Waals surface area contributed by atoms with Crippen molar-refractivity contribution in [2.24, 2.45) is 0 Å². The molecule has 0 aliphatic carbocycles. The molecule has 38 heavy (non-hydrogen) atoms. The van der Waals surface area contributed by atoms with Gasteiger partial charge in [0.1, 0.15) is 11.6 Å². The number of rotatable bonds is 7. The minimum atomic E-state index is -3.24. The van der Waals surface area contributed by atoms with Crippen molar-refractivity contribution in [2.75, 3.05) is 47.6 Å². The smallest absolute Gasteiger partial charge is 0.227 e. The van der Waals surface area contributed by atoms with Crippen LogP contribution in [0.1, 0.15) is 38.7 Å². The van der Waals surface area contributed by atoms with Crippen LogP contribution >= 0.6 is 0 Å². The van der Waals surface area contributed by atoms with Crippen LogP contribution in [0.15, 0.2) is 36.7 Å². The summed E-state index contributed by atoms with van der Waals surface area (Å²) >= 11 is 0. The number of hydrogen-bond donors (Lipinski definition) is 3. The summed E-state index contributed by atoms with van der Waals surface area (Å²) in [5, 5.41) is 15.2. The van der Waals surface area contributed by atoms with Gasteiger partial charge in [-0.1, -0.05) is 19.9 Å². The third kappa shape index (κ3) is 5.52. The van der Waals surface area contributed by atoms with Gasteiger partial charge in [0, 0.05) is 43.1 Å². The molecule has 2 aromatic heterocycles. The van der Waals surface area contributed by atoms with E-state index >= 15 is 0 Å². The molecule has 0 unspecified atom stereocenters. The maximum Gasteiger partial charge on any atom is 0.227 e. The number of alkyl halides is 1. The van der Waals surface area contributed by atoms with Crippen molar-refractivity contribution in [3.05, 3.63) is 42.2 Å². The first-order chi connectivity index (χ1) is 17.9. The topological polar surface area (TPSA) is 124 Å². The molecule has 0 amide bonds. The first-order valence-corrected chi connectivity index (χ1v) is 14.7. The van der Waals surface area contributed by atoms with E-state index in [1.54, 1.807) is 17.2 Å². The second-order valence-corrected chi connectivity index (χ2v) is 12.6. The van der Waals surface area contributed by atoms with Gasteiger partial charge in [-0.25, -0.2) is 27.5 Å². The van der Waals surface area contributed by atoms with Crippen LogP contribution in [0.25, 0.3) is 10.8 Å². The van der Waals surface area contributed by atoms with Crippen molar-refractivity contribution in [3.63, 3.8) is 0 Å². The summed E-state index contributed by atoms with van der Waals surface area (Å²) in [6, 6.07) is 7.82. The Morgan fingerprint density at radius 1 is 1.13 bits per heavy atom. The highest BCUT2D eigenvalue weighted by molar-refractivity contribution is 7.88. The Morgan fingerprint density at radius 3 is 2.58 bits per heavy atom. The Morgan fingerprint density at radius 2 is 1.89 bits per heavy atom. The number of aliphatic hydroxyl groups excluding tert-OH is 1. The van der Waals surface area contributed by atoms with Crippen LogP contribution < -0.4 is 19.8 Å². The number of sulfonamides is 1. The van der Waals surface area contributed by atoms with Gasteiger partial charge in [-0.2, -0.15) is 4.98 Å². The molecule has 2 saturated heterocycles. The summed E-state index contributed by atoms with van der Waals surface area (Å²) < 4.78 is 40.5. The zero-order valence-electron chi connectivity index (χ0n) is 22.0. The van der Waals surface area contributed by atoms with Crippen molar-refractivity contribution in [2.45, 2.75) is 50.9 Å². The Bertz CT molecular complexity index is 1440. The van der Waals surface area contributed by atoms with Crippen LogP contribution in [-0.2, 0) is 10.0 Å². The Hall–Kier alpha value is -3.09. The van der Waals surface area contributed by atoms with E-state index in [0.717, 1.165) is 16.5 Å².